The van der Waals surface area contributed by atoms with Crippen LogP contribution in [-0.2, 0) is 18.9 Å². The first-order valence-corrected chi connectivity index (χ1v) is 10.7. The number of aliphatic hydroxyl groups is 6. The molecule has 2 aliphatic heterocycles. The van der Waals surface area contributed by atoms with Crippen molar-refractivity contribution in [2.45, 2.75) is 98.5 Å². The summed E-state index contributed by atoms with van der Waals surface area (Å²) in [5, 5.41) is 59.7. The fraction of sp³-hybridized carbons (Fsp3) is 1.00. The Morgan fingerprint density at radius 1 is 0.688 bits per heavy atom. The normalized spacial score (nSPS) is 52.7. The fourth-order valence-corrected chi connectivity index (χ4v) is 4.30. The molecule has 32 heavy (non-hydrogen) atoms. The summed E-state index contributed by atoms with van der Waals surface area (Å²) >= 11 is 0. The van der Waals surface area contributed by atoms with Gasteiger partial charge in [0, 0.05) is 18.6 Å². The number of ether oxygens (including phenoxy) is 4. The summed E-state index contributed by atoms with van der Waals surface area (Å²) < 4.78 is 22.5. The van der Waals surface area contributed by atoms with Crippen molar-refractivity contribution in [2.24, 2.45) is 22.9 Å². The summed E-state index contributed by atoms with van der Waals surface area (Å²) in [6.45, 7) is -0.603. The molecule has 14 atom stereocenters. The Labute approximate surface area is 185 Å². The zero-order valence-electron chi connectivity index (χ0n) is 17.5. The van der Waals surface area contributed by atoms with E-state index in [4.69, 9.17) is 41.9 Å². The topological polar surface area (TPSA) is 262 Å². The average molecular weight is 469 g/mol. The first-order valence-electron chi connectivity index (χ1n) is 10.7. The van der Waals surface area contributed by atoms with E-state index in [2.05, 4.69) is 0 Å². The first kappa shape index (κ1) is 26.1. The van der Waals surface area contributed by atoms with Crippen molar-refractivity contribution in [3.05, 3.63) is 0 Å². The Bertz CT molecular complexity index is 554. The van der Waals surface area contributed by atoms with Gasteiger partial charge in [0.05, 0.1) is 24.9 Å². The summed E-state index contributed by atoms with van der Waals surface area (Å²) in [5.74, 6) is 0. The molecule has 14 nitrogen and oxygen atoms in total. The van der Waals surface area contributed by atoms with E-state index in [1.165, 1.54) is 0 Å². The van der Waals surface area contributed by atoms with Gasteiger partial charge in [0.15, 0.2) is 12.6 Å². The van der Waals surface area contributed by atoms with Crippen molar-refractivity contribution >= 4 is 0 Å². The standard InChI is InChI=1S/C18H36N4O10/c19-3-9-13(25)15(27)16(28)18(31-9)30-8-2-5(20)7(1-6(8)21)29-17-14(26)11(22)12(24)10(4-23)32-17/h5-18,23-28H,1-4,19-22H2/t5-,6-,7-,8-,9-,10-,11+,12-,13-,14-,15+,16-,17+,18+/m1/s1. The Morgan fingerprint density at radius 2 is 1.19 bits per heavy atom. The summed E-state index contributed by atoms with van der Waals surface area (Å²) in [5.41, 5.74) is 23.8. The molecule has 0 amide bonds. The van der Waals surface area contributed by atoms with Crippen molar-refractivity contribution in [1.82, 2.24) is 0 Å². The van der Waals surface area contributed by atoms with Crippen LogP contribution in [0.3, 0.4) is 0 Å². The number of rotatable bonds is 6. The third-order valence-corrected chi connectivity index (χ3v) is 6.42. The first-order chi connectivity index (χ1) is 15.1. The molecule has 1 aliphatic carbocycles. The molecule has 3 aliphatic rings. The van der Waals surface area contributed by atoms with E-state index in [0.717, 1.165) is 0 Å². The molecule has 0 bridgehead atoms. The van der Waals surface area contributed by atoms with Crippen LogP contribution in [0, 0.1) is 0 Å². The van der Waals surface area contributed by atoms with Gasteiger partial charge in [0.1, 0.15) is 42.7 Å². The van der Waals surface area contributed by atoms with Gasteiger partial charge in [0.2, 0.25) is 0 Å². The van der Waals surface area contributed by atoms with E-state index in [0.29, 0.717) is 0 Å². The van der Waals surface area contributed by atoms with Crippen molar-refractivity contribution in [1.29, 1.82) is 0 Å². The predicted molar refractivity (Wildman–Crippen MR) is 106 cm³/mol. The SMILES string of the molecule is NC[C@H]1O[C@H](O[C@@H]2C[C@@H](N)[C@H](O[C@H]3O[C@H](CO)[C@@H](O)[C@H](N)[C@H]3O)C[C@H]2N)[C@H](O)[C@@H](O)[C@@H]1O. The van der Waals surface area contributed by atoms with Crippen LogP contribution in [0.1, 0.15) is 12.8 Å². The highest BCUT2D eigenvalue weighted by Crippen LogP contribution is 2.30. The van der Waals surface area contributed by atoms with Gasteiger partial charge < -0.3 is 72.5 Å². The second kappa shape index (κ2) is 10.8. The maximum absolute atomic E-state index is 10.3. The lowest BCUT2D eigenvalue weighted by atomic mass is 9.86. The van der Waals surface area contributed by atoms with E-state index in [9.17, 15) is 30.6 Å². The molecule has 3 rings (SSSR count). The fourth-order valence-electron chi connectivity index (χ4n) is 4.30. The summed E-state index contributed by atoms with van der Waals surface area (Å²) in [4.78, 5) is 0. The minimum atomic E-state index is -1.51. The van der Waals surface area contributed by atoms with Crippen molar-refractivity contribution in [3.8, 4) is 0 Å². The summed E-state index contributed by atoms with van der Waals surface area (Å²) in [6.07, 6.45) is -12.4. The third-order valence-electron chi connectivity index (χ3n) is 6.42. The monoisotopic (exact) mass is 468 g/mol. The number of hydrogen-bond acceptors (Lipinski definition) is 14. The van der Waals surface area contributed by atoms with Gasteiger partial charge in [-0.3, -0.25) is 0 Å². The molecular formula is C18H36N4O10. The van der Waals surface area contributed by atoms with E-state index in [1.807, 2.05) is 0 Å². The molecule has 0 radical (unpaired) electrons. The van der Waals surface area contributed by atoms with E-state index < -0.39 is 92.2 Å². The molecule has 14 heteroatoms. The van der Waals surface area contributed by atoms with E-state index in [-0.39, 0.29) is 19.4 Å². The number of nitrogens with two attached hydrogens (primary N) is 4. The quantitative estimate of drug-likeness (QED) is 0.174. The largest absolute Gasteiger partial charge is 0.394 e. The van der Waals surface area contributed by atoms with E-state index >= 15 is 0 Å². The van der Waals surface area contributed by atoms with Gasteiger partial charge in [-0.1, -0.05) is 0 Å². The van der Waals surface area contributed by atoms with Gasteiger partial charge in [-0.2, -0.15) is 0 Å². The zero-order chi connectivity index (χ0) is 23.7. The van der Waals surface area contributed by atoms with Crippen LogP contribution in [0.4, 0.5) is 0 Å². The average Bonchev–Trinajstić information content (AvgIpc) is 2.77. The second-order valence-corrected chi connectivity index (χ2v) is 8.68. The third kappa shape index (κ3) is 5.24. The van der Waals surface area contributed by atoms with Gasteiger partial charge in [-0.25, -0.2) is 0 Å². The molecule has 0 spiro atoms. The molecule has 0 aromatic carbocycles. The minimum Gasteiger partial charge on any atom is -0.394 e. The van der Waals surface area contributed by atoms with Crippen molar-refractivity contribution in [2.75, 3.05) is 13.2 Å². The molecule has 2 saturated heterocycles. The number of aliphatic hydroxyl groups excluding tert-OH is 6. The lowest BCUT2D eigenvalue weighted by Crippen LogP contribution is -2.65. The lowest BCUT2D eigenvalue weighted by Gasteiger charge is -2.46. The molecule has 2 heterocycles. The number of hydrogen-bond donors (Lipinski definition) is 10. The van der Waals surface area contributed by atoms with Crippen LogP contribution in [0.15, 0.2) is 0 Å². The zero-order valence-corrected chi connectivity index (χ0v) is 17.5. The molecule has 0 aromatic rings. The highest BCUT2D eigenvalue weighted by molar-refractivity contribution is 4.97. The van der Waals surface area contributed by atoms with Gasteiger partial charge in [0.25, 0.3) is 0 Å². The Balaban J connectivity index is 1.59. The Hall–Kier alpha value is -0.560. The van der Waals surface area contributed by atoms with E-state index in [1.54, 1.807) is 0 Å². The summed E-state index contributed by atoms with van der Waals surface area (Å²) in [7, 11) is 0. The van der Waals surface area contributed by atoms with Gasteiger partial charge in [-0.15, -0.1) is 0 Å². The molecular weight excluding hydrogens is 432 g/mol. The van der Waals surface area contributed by atoms with Crippen molar-refractivity contribution < 1.29 is 49.6 Å². The summed E-state index contributed by atoms with van der Waals surface area (Å²) in [6, 6.07) is -2.32. The molecule has 0 unspecified atom stereocenters. The van der Waals surface area contributed by atoms with Crippen LogP contribution in [0.25, 0.3) is 0 Å². The molecule has 0 aromatic heterocycles. The minimum absolute atomic E-state index is 0.0909. The molecule has 1 saturated carbocycles. The highest BCUT2D eigenvalue weighted by Gasteiger charge is 2.48. The lowest BCUT2D eigenvalue weighted by molar-refractivity contribution is -0.314. The maximum Gasteiger partial charge on any atom is 0.186 e. The van der Waals surface area contributed by atoms with Gasteiger partial charge >= 0.3 is 0 Å². The Morgan fingerprint density at radius 3 is 1.69 bits per heavy atom. The molecule has 3 fully saturated rings. The smallest absolute Gasteiger partial charge is 0.186 e. The maximum atomic E-state index is 10.3. The van der Waals surface area contributed by atoms with Crippen LogP contribution < -0.4 is 22.9 Å². The predicted octanol–water partition coefficient (Wildman–Crippen LogP) is -6.26. The second-order valence-electron chi connectivity index (χ2n) is 8.68. The van der Waals surface area contributed by atoms with Crippen LogP contribution in [-0.4, -0.2) is 129 Å². The Kier molecular flexibility index (Phi) is 8.79. The van der Waals surface area contributed by atoms with Crippen LogP contribution in [0.2, 0.25) is 0 Å². The van der Waals surface area contributed by atoms with Crippen LogP contribution >= 0.6 is 0 Å². The van der Waals surface area contributed by atoms with Gasteiger partial charge in [-0.05, 0) is 12.8 Å². The van der Waals surface area contributed by atoms with Crippen molar-refractivity contribution in [3.63, 3.8) is 0 Å². The van der Waals surface area contributed by atoms with Crippen LogP contribution in [0.5, 0.6) is 0 Å². The highest BCUT2D eigenvalue weighted by atomic mass is 16.7. The molecule has 14 N–H and O–H groups in total. The molecule has 188 valence electrons.